The Labute approximate surface area is 76.0 Å². The summed E-state index contributed by atoms with van der Waals surface area (Å²) in [5.41, 5.74) is -1.11. The summed E-state index contributed by atoms with van der Waals surface area (Å²) >= 11 is 0. The van der Waals surface area contributed by atoms with E-state index in [4.69, 9.17) is 5.11 Å². The van der Waals surface area contributed by atoms with Gasteiger partial charge in [-0.3, -0.25) is 9.59 Å². The summed E-state index contributed by atoms with van der Waals surface area (Å²) in [5.74, 6) is -1.19. The molecule has 0 aliphatic heterocycles. The van der Waals surface area contributed by atoms with E-state index >= 15 is 0 Å². The Balaban J connectivity index is 3.18. The van der Waals surface area contributed by atoms with Crippen LogP contribution < -0.4 is 0 Å². The summed E-state index contributed by atoms with van der Waals surface area (Å²) in [5, 5.41) is 8.82. The third-order valence-corrected chi connectivity index (χ3v) is 1.98. The largest absolute Gasteiger partial charge is 0.480 e. The highest BCUT2D eigenvalue weighted by Gasteiger charge is 2.35. The zero-order valence-corrected chi connectivity index (χ0v) is 7.15. The number of benzene rings is 1. The predicted molar refractivity (Wildman–Crippen MR) is 47.1 cm³/mol. The molecule has 1 radical (unpaired) electrons. The minimum Gasteiger partial charge on any atom is -0.480 e. The van der Waals surface area contributed by atoms with Gasteiger partial charge in [0.15, 0.2) is 5.41 Å². The van der Waals surface area contributed by atoms with Crippen LogP contribution in [0.25, 0.3) is 0 Å². The lowest BCUT2D eigenvalue weighted by atomic mass is 9.84. The maximum absolute atomic E-state index is 10.8. The summed E-state index contributed by atoms with van der Waals surface area (Å²) in [6, 6.07) is 8.33. The monoisotopic (exact) mass is 177 g/mol. The van der Waals surface area contributed by atoms with E-state index in [0.29, 0.717) is 5.56 Å². The first-order chi connectivity index (χ1) is 6.11. The van der Waals surface area contributed by atoms with Crippen molar-refractivity contribution in [2.24, 2.45) is 0 Å². The molecule has 3 nitrogen and oxygen atoms in total. The van der Waals surface area contributed by atoms with Crippen molar-refractivity contribution in [1.82, 2.24) is 0 Å². The van der Waals surface area contributed by atoms with Crippen LogP contribution in [-0.2, 0) is 15.0 Å². The van der Waals surface area contributed by atoms with Gasteiger partial charge in [-0.2, -0.15) is 0 Å². The number of carbonyl (C=O) groups excluding carboxylic acids is 1. The average molecular weight is 177 g/mol. The molecule has 13 heavy (non-hydrogen) atoms. The minimum atomic E-state index is -1.55. The molecule has 3 heteroatoms. The molecule has 0 saturated carbocycles. The molecule has 0 fully saturated rings. The first-order valence-corrected chi connectivity index (χ1v) is 3.79. The van der Waals surface area contributed by atoms with Crippen molar-refractivity contribution in [2.45, 2.75) is 12.3 Å². The molecule has 0 aliphatic carbocycles. The van der Waals surface area contributed by atoms with E-state index in [1.165, 1.54) is 6.92 Å². The van der Waals surface area contributed by atoms with E-state index in [-0.39, 0.29) is 0 Å². The van der Waals surface area contributed by atoms with Gasteiger partial charge >= 0.3 is 5.97 Å². The SMILES string of the molecule is CC([C]=O)(C(=O)O)c1ccccc1. The van der Waals surface area contributed by atoms with Gasteiger partial charge in [-0.15, -0.1) is 0 Å². The number of rotatable bonds is 3. The molecule has 0 bridgehead atoms. The van der Waals surface area contributed by atoms with Crippen LogP contribution >= 0.6 is 0 Å². The summed E-state index contributed by atoms with van der Waals surface area (Å²) in [6.45, 7) is 1.33. The molecule has 1 unspecified atom stereocenters. The highest BCUT2D eigenvalue weighted by atomic mass is 16.4. The van der Waals surface area contributed by atoms with E-state index in [2.05, 4.69) is 0 Å². The molecular weight excluding hydrogens is 168 g/mol. The molecule has 1 aromatic rings. The standard InChI is InChI=1S/C10H9O3/c1-10(7-11,9(12)13)8-5-3-2-4-6-8/h2-6H,1H3,(H,12,13). The fourth-order valence-corrected chi connectivity index (χ4v) is 0.998. The number of carbonyl (C=O) groups is 1. The second-order valence-corrected chi connectivity index (χ2v) is 2.90. The Hall–Kier alpha value is -1.64. The normalized spacial score (nSPS) is 14.5. The van der Waals surface area contributed by atoms with Crippen molar-refractivity contribution >= 4 is 12.3 Å². The zero-order valence-electron chi connectivity index (χ0n) is 7.15. The van der Waals surface area contributed by atoms with Crippen LogP contribution in [0.3, 0.4) is 0 Å². The zero-order chi connectivity index (χ0) is 9.90. The Morgan fingerprint density at radius 3 is 2.31 bits per heavy atom. The van der Waals surface area contributed by atoms with Crippen molar-refractivity contribution < 1.29 is 14.7 Å². The fraction of sp³-hybridized carbons (Fsp3) is 0.200. The van der Waals surface area contributed by atoms with Crippen molar-refractivity contribution in [3.8, 4) is 0 Å². The van der Waals surface area contributed by atoms with Crippen molar-refractivity contribution in [3.05, 3.63) is 35.9 Å². The van der Waals surface area contributed by atoms with Gasteiger partial charge in [0.25, 0.3) is 0 Å². The number of aliphatic carboxylic acids is 1. The molecule has 0 aromatic heterocycles. The van der Waals surface area contributed by atoms with E-state index in [1.54, 1.807) is 36.6 Å². The Morgan fingerprint density at radius 2 is 1.92 bits per heavy atom. The van der Waals surface area contributed by atoms with Crippen LogP contribution in [0.2, 0.25) is 0 Å². The van der Waals surface area contributed by atoms with Gasteiger partial charge < -0.3 is 5.11 Å². The molecule has 0 aliphatic rings. The molecule has 67 valence electrons. The van der Waals surface area contributed by atoms with Crippen LogP contribution in [0.15, 0.2) is 30.3 Å². The van der Waals surface area contributed by atoms with Gasteiger partial charge in [-0.1, -0.05) is 30.3 Å². The number of carboxylic acids is 1. The van der Waals surface area contributed by atoms with Crippen LogP contribution in [0, 0.1) is 0 Å². The lowest BCUT2D eigenvalue weighted by Gasteiger charge is -2.16. The fourth-order valence-electron chi connectivity index (χ4n) is 0.998. The molecule has 1 atom stereocenters. The molecule has 0 spiro atoms. The quantitative estimate of drug-likeness (QED) is 0.704. The Kier molecular flexibility index (Phi) is 2.46. The number of hydrogen-bond donors (Lipinski definition) is 1. The third kappa shape index (κ3) is 1.59. The Bertz CT molecular complexity index is 318. The van der Waals surface area contributed by atoms with Gasteiger partial charge in [0.1, 0.15) is 0 Å². The van der Waals surface area contributed by atoms with E-state index in [9.17, 15) is 9.59 Å². The molecule has 1 aromatic carbocycles. The van der Waals surface area contributed by atoms with Gasteiger partial charge in [0.05, 0.1) is 0 Å². The van der Waals surface area contributed by atoms with E-state index in [1.807, 2.05) is 0 Å². The van der Waals surface area contributed by atoms with Gasteiger partial charge in [-0.05, 0) is 12.5 Å². The smallest absolute Gasteiger partial charge is 0.321 e. The van der Waals surface area contributed by atoms with Crippen LogP contribution in [0.1, 0.15) is 12.5 Å². The lowest BCUT2D eigenvalue weighted by Crippen LogP contribution is -2.33. The highest BCUT2D eigenvalue weighted by molar-refractivity contribution is 5.98. The van der Waals surface area contributed by atoms with Gasteiger partial charge in [0, 0.05) is 0 Å². The van der Waals surface area contributed by atoms with Crippen LogP contribution in [0.4, 0.5) is 0 Å². The van der Waals surface area contributed by atoms with E-state index < -0.39 is 11.4 Å². The second kappa shape index (κ2) is 3.39. The van der Waals surface area contributed by atoms with Crippen LogP contribution in [-0.4, -0.2) is 17.4 Å². The highest BCUT2D eigenvalue weighted by Crippen LogP contribution is 2.20. The van der Waals surface area contributed by atoms with Crippen molar-refractivity contribution in [1.29, 1.82) is 0 Å². The van der Waals surface area contributed by atoms with Crippen LogP contribution in [0.5, 0.6) is 0 Å². The predicted octanol–water partition coefficient (Wildman–Crippen LogP) is 1.14. The molecule has 0 heterocycles. The maximum Gasteiger partial charge on any atom is 0.321 e. The molecular formula is C10H9O3. The summed E-state index contributed by atoms with van der Waals surface area (Å²) in [6.07, 6.45) is 1.54. The number of hydrogen-bond acceptors (Lipinski definition) is 2. The molecule has 0 saturated heterocycles. The number of carboxylic acid groups (broad SMARTS) is 1. The first-order valence-electron chi connectivity index (χ1n) is 3.79. The summed E-state index contributed by atoms with van der Waals surface area (Å²) in [7, 11) is 0. The second-order valence-electron chi connectivity index (χ2n) is 2.90. The van der Waals surface area contributed by atoms with Gasteiger partial charge in [0.2, 0.25) is 6.29 Å². The molecule has 0 amide bonds. The van der Waals surface area contributed by atoms with E-state index in [0.717, 1.165) is 0 Å². The lowest BCUT2D eigenvalue weighted by molar-refractivity contribution is -0.140. The molecule has 1 N–H and O–H groups in total. The minimum absolute atomic E-state index is 0.442. The maximum atomic E-state index is 10.8. The van der Waals surface area contributed by atoms with Gasteiger partial charge in [-0.25, -0.2) is 0 Å². The first kappa shape index (κ1) is 9.45. The van der Waals surface area contributed by atoms with Crippen molar-refractivity contribution in [3.63, 3.8) is 0 Å². The Morgan fingerprint density at radius 1 is 1.38 bits per heavy atom. The summed E-state index contributed by atoms with van der Waals surface area (Å²) in [4.78, 5) is 21.4. The molecule has 1 rings (SSSR count). The topological polar surface area (TPSA) is 54.4 Å². The van der Waals surface area contributed by atoms with Crippen molar-refractivity contribution in [2.75, 3.05) is 0 Å². The average Bonchev–Trinajstić information content (AvgIpc) is 2.17. The summed E-state index contributed by atoms with van der Waals surface area (Å²) < 4.78 is 0. The third-order valence-electron chi connectivity index (χ3n) is 1.98.